The first-order valence-corrected chi connectivity index (χ1v) is 14.5. The Labute approximate surface area is 239 Å². The van der Waals surface area contributed by atoms with Crippen molar-refractivity contribution < 1.29 is 19.8 Å². The van der Waals surface area contributed by atoms with Crippen LogP contribution in [0, 0.1) is 5.41 Å². The van der Waals surface area contributed by atoms with Gasteiger partial charge in [-0.15, -0.1) is 11.3 Å². The molecular weight excluding hydrogens is 534 g/mol. The van der Waals surface area contributed by atoms with E-state index >= 15 is 0 Å². The zero-order valence-corrected chi connectivity index (χ0v) is 24.4. The van der Waals surface area contributed by atoms with E-state index in [-0.39, 0.29) is 12.8 Å². The molecule has 0 amide bonds. The van der Waals surface area contributed by atoms with Gasteiger partial charge in [0, 0.05) is 17.5 Å². The van der Waals surface area contributed by atoms with Crippen molar-refractivity contribution in [1.29, 1.82) is 0 Å². The second kappa shape index (κ2) is 14.4. The van der Waals surface area contributed by atoms with Gasteiger partial charge in [0.15, 0.2) is 0 Å². The van der Waals surface area contributed by atoms with Gasteiger partial charge >= 0.3 is 11.9 Å². The fourth-order valence-electron chi connectivity index (χ4n) is 4.17. The Bertz CT molecular complexity index is 1240. The van der Waals surface area contributed by atoms with E-state index in [4.69, 9.17) is 26.8 Å². The first-order chi connectivity index (χ1) is 18.5. The number of fused-ring (bicyclic) bond motifs is 1. The lowest BCUT2D eigenvalue weighted by Gasteiger charge is -2.16. The third-order valence-corrected chi connectivity index (χ3v) is 7.62. The van der Waals surface area contributed by atoms with Gasteiger partial charge in [0.1, 0.15) is 0 Å². The molecular formula is C30H38ClN3O4S. The van der Waals surface area contributed by atoms with Gasteiger partial charge in [-0.2, -0.15) is 0 Å². The number of rotatable bonds is 9. The van der Waals surface area contributed by atoms with Crippen molar-refractivity contribution in [3.8, 4) is 11.3 Å². The highest BCUT2D eigenvalue weighted by molar-refractivity contribution is 7.09. The van der Waals surface area contributed by atoms with Crippen LogP contribution in [0.2, 0.25) is 5.02 Å². The molecule has 4 rings (SSSR count). The van der Waals surface area contributed by atoms with E-state index in [0.717, 1.165) is 61.7 Å². The van der Waals surface area contributed by atoms with Crippen molar-refractivity contribution in [2.75, 3.05) is 18.4 Å². The van der Waals surface area contributed by atoms with Crippen molar-refractivity contribution in [1.82, 2.24) is 10.3 Å². The molecule has 1 aliphatic rings. The second-order valence-electron chi connectivity index (χ2n) is 10.8. The van der Waals surface area contributed by atoms with Gasteiger partial charge in [-0.3, -0.25) is 9.59 Å². The number of carboxylic acid groups (broad SMARTS) is 2. The summed E-state index contributed by atoms with van der Waals surface area (Å²) in [6, 6.07) is 12.9. The number of thiazole rings is 1. The lowest BCUT2D eigenvalue weighted by molar-refractivity contribution is -0.143. The zero-order chi connectivity index (χ0) is 28.4. The number of carboxylic acids is 2. The number of nitrogens with zero attached hydrogens (tertiary/aromatic N) is 1. The van der Waals surface area contributed by atoms with Gasteiger partial charge < -0.3 is 20.8 Å². The molecule has 0 saturated heterocycles. The van der Waals surface area contributed by atoms with Crippen LogP contribution < -0.4 is 10.6 Å². The van der Waals surface area contributed by atoms with Gasteiger partial charge in [-0.25, -0.2) is 4.98 Å². The Balaban J connectivity index is 0.000000459. The molecule has 2 aromatic carbocycles. The Hall–Kier alpha value is -2.94. The summed E-state index contributed by atoms with van der Waals surface area (Å²) in [4.78, 5) is 24.1. The van der Waals surface area contributed by atoms with E-state index in [1.165, 1.54) is 27.3 Å². The lowest BCUT2D eigenvalue weighted by Crippen LogP contribution is -2.16. The molecule has 0 atom stereocenters. The van der Waals surface area contributed by atoms with E-state index in [1.807, 2.05) is 6.07 Å². The predicted molar refractivity (Wildman–Crippen MR) is 159 cm³/mol. The number of aromatic nitrogens is 1. The zero-order valence-electron chi connectivity index (χ0n) is 22.8. The van der Waals surface area contributed by atoms with E-state index in [1.54, 1.807) is 11.3 Å². The third-order valence-electron chi connectivity index (χ3n) is 6.39. The van der Waals surface area contributed by atoms with E-state index in [2.05, 4.69) is 67.1 Å². The van der Waals surface area contributed by atoms with Crippen molar-refractivity contribution >= 4 is 40.6 Å². The standard InChI is InChI=1S/C26H32ClN3S.C4H6O4/c1-26(2,3)13-10-24-30-23(17-31-24)20-6-4-18(5-7-20)16-29-25-21-12-15-28-14-11-19(21)8-9-22(25)27;5-3(6)1-2-4(7)8/h4-9,17,28-29H,10-16H2,1-3H3;1-2H2,(H,5,6)(H,7,8). The molecule has 210 valence electrons. The largest absolute Gasteiger partial charge is 0.481 e. The van der Waals surface area contributed by atoms with Gasteiger partial charge in [0.25, 0.3) is 0 Å². The highest BCUT2D eigenvalue weighted by atomic mass is 35.5. The quantitative estimate of drug-likeness (QED) is 0.227. The van der Waals surface area contributed by atoms with Crippen LogP contribution in [0.4, 0.5) is 5.69 Å². The molecule has 0 unspecified atom stereocenters. The molecule has 4 N–H and O–H groups in total. The first-order valence-electron chi connectivity index (χ1n) is 13.2. The smallest absolute Gasteiger partial charge is 0.303 e. The molecule has 1 aliphatic heterocycles. The fraction of sp³-hybridized carbons (Fsp3) is 0.433. The molecule has 0 fully saturated rings. The molecule has 0 spiro atoms. The van der Waals surface area contributed by atoms with Crippen LogP contribution in [-0.4, -0.2) is 40.2 Å². The number of aliphatic carboxylic acids is 2. The van der Waals surface area contributed by atoms with Gasteiger partial charge in [0.2, 0.25) is 0 Å². The minimum absolute atomic E-state index is 0.296. The minimum Gasteiger partial charge on any atom is -0.481 e. The van der Waals surface area contributed by atoms with E-state index < -0.39 is 11.9 Å². The Morgan fingerprint density at radius 3 is 2.33 bits per heavy atom. The summed E-state index contributed by atoms with van der Waals surface area (Å²) < 4.78 is 0. The van der Waals surface area contributed by atoms with Crippen LogP contribution >= 0.6 is 22.9 Å². The highest BCUT2D eigenvalue weighted by Crippen LogP contribution is 2.31. The molecule has 0 bridgehead atoms. The summed E-state index contributed by atoms with van der Waals surface area (Å²) in [6.45, 7) is 9.64. The maximum absolute atomic E-state index is 9.64. The second-order valence-corrected chi connectivity index (χ2v) is 12.2. The maximum atomic E-state index is 9.64. The van der Waals surface area contributed by atoms with Crippen LogP contribution in [0.1, 0.15) is 61.7 Å². The summed E-state index contributed by atoms with van der Waals surface area (Å²) >= 11 is 8.32. The van der Waals surface area contributed by atoms with Crippen molar-refractivity contribution in [2.45, 2.75) is 65.8 Å². The molecule has 0 radical (unpaired) electrons. The number of hydrogen-bond acceptors (Lipinski definition) is 6. The lowest BCUT2D eigenvalue weighted by atomic mass is 9.91. The molecule has 39 heavy (non-hydrogen) atoms. The third kappa shape index (κ3) is 10.3. The first kappa shape index (κ1) is 30.6. The molecule has 9 heteroatoms. The van der Waals surface area contributed by atoms with Crippen molar-refractivity contribution in [3.05, 3.63) is 68.5 Å². The molecule has 0 saturated carbocycles. The summed E-state index contributed by atoms with van der Waals surface area (Å²) in [6.07, 6.45) is 3.69. The predicted octanol–water partition coefficient (Wildman–Crippen LogP) is 6.68. The molecule has 1 aromatic heterocycles. The highest BCUT2D eigenvalue weighted by Gasteiger charge is 2.15. The molecule has 0 aliphatic carbocycles. The van der Waals surface area contributed by atoms with Crippen LogP contribution in [0.15, 0.2) is 41.8 Å². The van der Waals surface area contributed by atoms with Crippen LogP contribution in [0.25, 0.3) is 11.3 Å². The number of halogens is 1. The van der Waals surface area contributed by atoms with E-state index in [0.29, 0.717) is 5.41 Å². The monoisotopic (exact) mass is 571 g/mol. The van der Waals surface area contributed by atoms with Crippen molar-refractivity contribution in [2.24, 2.45) is 5.41 Å². The summed E-state index contributed by atoms with van der Waals surface area (Å²) in [7, 11) is 0. The normalized spacial score (nSPS) is 13.0. The average molecular weight is 572 g/mol. The molecule has 3 aromatic rings. The summed E-state index contributed by atoms with van der Waals surface area (Å²) in [5, 5.41) is 27.1. The van der Waals surface area contributed by atoms with E-state index in [9.17, 15) is 9.59 Å². The van der Waals surface area contributed by atoms with Crippen molar-refractivity contribution in [3.63, 3.8) is 0 Å². The molecule has 2 heterocycles. The maximum Gasteiger partial charge on any atom is 0.303 e. The van der Waals surface area contributed by atoms with Gasteiger partial charge in [-0.05, 0) is 66.9 Å². The van der Waals surface area contributed by atoms with Gasteiger partial charge in [-0.1, -0.05) is 62.7 Å². The number of anilines is 1. The minimum atomic E-state index is -1.08. The summed E-state index contributed by atoms with van der Waals surface area (Å²) in [5.41, 5.74) is 7.70. The topological polar surface area (TPSA) is 112 Å². The Morgan fingerprint density at radius 2 is 1.69 bits per heavy atom. The number of carbonyl (C=O) groups is 2. The fourth-order valence-corrected chi connectivity index (χ4v) is 5.22. The summed E-state index contributed by atoms with van der Waals surface area (Å²) in [5.74, 6) is -2.15. The molecule has 7 nitrogen and oxygen atoms in total. The average Bonchev–Trinajstić information content (AvgIpc) is 3.23. The SMILES string of the molecule is CC(C)(C)CCc1nc(-c2ccc(CNc3c(Cl)ccc4c3CCNCC4)cc2)cs1.O=C(O)CCC(=O)O. The Morgan fingerprint density at radius 1 is 1.03 bits per heavy atom. The number of aryl methyl sites for hydroxylation is 1. The number of benzene rings is 2. The van der Waals surface area contributed by atoms with Gasteiger partial charge in [0.05, 0.1) is 34.3 Å². The van der Waals surface area contributed by atoms with Crippen LogP contribution in [0.3, 0.4) is 0 Å². The number of nitrogens with one attached hydrogen (secondary N) is 2. The Kier molecular flexibility index (Phi) is 11.3. The van der Waals surface area contributed by atoms with Crippen LogP contribution in [0.5, 0.6) is 0 Å². The van der Waals surface area contributed by atoms with Crippen LogP contribution in [-0.2, 0) is 35.4 Å². The number of hydrogen-bond donors (Lipinski definition) is 4.